The topological polar surface area (TPSA) is 82.3 Å². The first kappa shape index (κ1) is 15.1. The lowest BCUT2D eigenvalue weighted by Crippen LogP contribution is -2.06. The molecule has 0 spiro atoms. The summed E-state index contributed by atoms with van der Waals surface area (Å²) in [6.07, 6.45) is 0.893. The van der Waals surface area contributed by atoms with E-state index in [2.05, 4.69) is 39.6 Å². The van der Waals surface area contributed by atoms with Crippen LogP contribution in [0.15, 0.2) is 30.3 Å². The fourth-order valence-corrected chi connectivity index (χ4v) is 1.86. The van der Waals surface area contributed by atoms with Gasteiger partial charge >= 0.3 is 0 Å². The predicted octanol–water partition coefficient (Wildman–Crippen LogP) is 1.61. The molecule has 0 aliphatic carbocycles. The molecule has 0 unspecified atom stereocenters. The first-order valence-electron chi connectivity index (χ1n) is 6.74. The van der Waals surface area contributed by atoms with Gasteiger partial charge < -0.3 is 20.5 Å². The Balaban J connectivity index is 2.01. The van der Waals surface area contributed by atoms with E-state index in [9.17, 15) is 0 Å². The van der Waals surface area contributed by atoms with Crippen LogP contribution in [-0.2, 0) is 13.0 Å². The highest BCUT2D eigenvalue weighted by atomic mass is 16.5. The van der Waals surface area contributed by atoms with Crippen molar-refractivity contribution in [2.24, 2.45) is 5.73 Å². The van der Waals surface area contributed by atoms with E-state index in [0.29, 0.717) is 30.8 Å². The van der Waals surface area contributed by atoms with Gasteiger partial charge in [0.05, 0.1) is 20.3 Å². The molecule has 3 N–H and O–H groups in total. The van der Waals surface area contributed by atoms with E-state index < -0.39 is 0 Å². The second-order valence-corrected chi connectivity index (χ2v) is 4.48. The number of benzene rings is 1. The van der Waals surface area contributed by atoms with E-state index in [4.69, 9.17) is 15.2 Å². The zero-order valence-electron chi connectivity index (χ0n) is 12.3. The van der Waals surface area contributed by atoms with Gasteiger partial charge in [0.2, 0.25) is 17.7 Å². The largest absolute Gasteiger partial charge is 0.481 e. The summed E-state index contributed by atoms with van der Waals surface area (Å²) >= 11 is 0. The van der Waals surface area contributed by atoms with Crippen LogP contribution in [0.1, 0.15) is 11.1 Å². The van der Waals surface area contributed by atoms with Crippen molar-refractivity contribution in [3.63, 3.8) is 0 Å². The number of ether oxygens (including phenoxy) is 2. The number of nitrogens with zero attached hydrogens (tertiary/aromatic N) is 2. The van der Waals surface area contributed by atoms with Crippen molar-refractivity contribution in [2.75, 3.05) is 26.1 Å². The molecule has 6 heteroatoms. The second kappa shape index (κ2) is 7.44. The van der Waals surface area contributed by atoms with Crippen LogP contribution in [-0.4, -0.2) is 30.7 Å². The maximum atomic E-state index is 5.54. The predicted molar refractivity (Wildman–Crippen MR) is 81.7 cm³/mol. The van der Waals surface area contributed by atoms with Crippen LogP contribution in [0.5, 0.6) is 11.8 Å². The molecule has 0 radical (unpaired) electrons. The fraction of sp³-hybridized carbons (Fsp3) is 0.333. The quantitative estimate of drug-likeness (QED) is 0.805. The van der Waals surface area contributed by atoms with Crippen molar-refractivity contribution in [3.8, 4) is 11.8 Å². The molecule has 0 atom stereocenters. The molecule has 2 aromatic rings. The summed E-state index contributed by atoms with van der Waals surface area (Å²) in [6.45, 7) is 1.29. The molecule has 1 aromatic carbocycles. The molecule has 1 aromatic heterocycles. The smallest absolute Gasteiger partial charge is 0.229 e. The van der Waals surface area contributed by atoms with Gasteiger partial charge in [-0.3, -0.25) is 0 Å². The molecule has 0 amide bonds. The van der Waals surface area contributed by atoms with Crippen molar-refractivity contribution < 1.29 is 9.47 Å². The van der Waals surface area contributed by atoms with Crippen LogP contribution in [0.4, 0.5) is 5.95 Å². The summed E-state index contributed by atoms with van der Waals surface area (Å²) < 4.78 is 10.2. The third-order valence-corrected chi connectivity index (χ3v) is 3.00. The van der Waals surface area contributed by atoms with E-state index in [-0.39, 0.29) is 0 Å². The molecule has 0 fully saturated rings. The molecule has 21 heavy (non-hydrogen) atoms. The van der Waals surface area contributed by atoms with Crippen molar-refractivity contribution in [1.82, 2.24) is 9.97 Å². The van der Waals surface area contributed by atoms with Crippen LogP contribution in [0.25, 0.3) is 0 Å². The molecule has 0 aliphatic heterocycles. The Hall–Kier alpha value is -2.34. The summed E-state index contributed by atoms with van der Waals surface area (Å²) in [7, 11) is 3.11. The Morgan fingerprint density at radius 2 is 1.57 bits per heavy atom. The van der Waals surface area contributed by atoms with Crippen LogP contribution < -0.4 is 20.5 Å². The molecular weight excluding hydrogens is 268 g/mol. The van der Waals surface area contributed by atoms with Crippen molar-refractivity contribution in [1.29, 1.82) is 0 Å². The maximum absolute atomic E-state index is 5.54. The molecule has 0 aliphatic rings. The van der Waals surface area contributed by atoms with Crippen LogP contribution in [0.3, 0.4) is 0 Å². The number of aromatic nitrogens is 2. The Kier molecular flexibility index (Phi) is 5.34. The molecule has 0 saturated heterocycles. The normalized spacial score (nSPS) is 10.2. The lowest BCUT2D eigenvalue weighted by atomic mass is 10.1. The molecule has 0 saturated carbocycles. The highest BCUT2D eigenvalue weighted by molar-refractivity contribution is 5.35. The van der Waals surface area contributed by atoms with Crippen LogP contribution in [0.2, 0.25) is 0 Å². The molecular formula is C15H20N4O2. The highest BCUT2D eigenvalue weighted by Crippen LogP contribution is 2.17. The zero-order valence-corrected chi connectivity index (χ0v) is 12.3. The molecule has 112 valence electrons. The van der Waals surface area contributed by atoms with E-state index >= 15 is 0 Å². The maximum Gasteiger partial charge on any atom is 0.229 e. The second-order valence-electron chi connectivity index (χ2n) is 4.48. The third kappa shape index (κ3) is 4.32. The monoisotopic (exact) mass is 288 g/mol. The van der Waals surface area contributed by atoms with Gasteiger partial charge in [-0.05, 0) is 24.1 Å². The number of methoxy groups -OCH3 is 2. The lowest BCUT2D eigenvalue weighted by molar-refractivity contribution is 0.373. The Morgan fingerprint density at radius 1 is 1.00 bits per heavy atom. The third-order valence-electron chi connectivity index (χ3n) is 3.00. The van der Waals surface area contributed by atoms with E-state index in [1.807, 2.05) is 0 Å². The molecule has 0 bridgehead atoms. The average Bonchev–Trinajstić information content (AvgIpc) is 2.54. The number of hydrogen-bond acceptors (Lipinski definition) is 6. The van der Waals surface area contributed by atoms with E-state index in [1.165, 1.54) is 5.56 Å². The lowest BCUT2D eigenvalue weighted by Gasteiger charge is -2.09. The summed E-state index contributed by atoms with van der Waals surface area (Å²) in [6, 6.07) is 9.92. The minimum Gasteiger partial charge on any atom is -0.481 e. The SMILES string of the molecule is COc1cc(OC)nc(NCc2ccc(CCN)cc2)n1. The summed E-state index contributed by atoms with van der Waals surface area (Å²) in [4.78, 5) is 8.44. The van der Waals surface area contributed by atoms with Gasteiger partial charge in [0.1, 0.15) is 0 Å². The number of hydrogen-bond donors (Lipinski definition) is 2. The molecule has 1 heterocycles. The van der Waals surface area contributed by atoms with Crippen LogP contribution >= 0.6 is 0 Å². The van der Waals surface area contributed by atoms with Crippen molar-refractivity contribution in [3.05, 3.63) is 41.5 Å². The number of anilines is 1. The molecule has 2 rings (SSSR count). The first-order chi connectivity index (χ1) is 10.2. The fourth-order valence-electron chi connectivity index (χ4n) is 1.86. The first-order valence-corrected chi connectivity index (χ1v) is 6.74. The number of nitrogens with one attached hydrogen (secondary N) is 1. The standard InChI is InChI=1S/C15H20N4O2/c1-20-13-9-14(21-2)19-15(18-13)17-10-12-5-3-11(4-6-12)7-8-16/h3-6,9H,7-8,10,16H2,1-2H3,(H,17,18,19). The Morgan fingerprint density at radius 3 is 2.10 bits per heavy atom. The van der Waals surface area contributed by atoms with Gasteiger partial charge in [-0.25, -0.2) is 0 Å². The molecule has 6 nitrogen and oxygen atoms in total. The van der Waals surface area contributed by atoms with Gasteiger partial charge in [-0.2, -0.15) is 9.97 Å². The zero-order chi connectivity index (χ0) is 15.1. The highest BCUT2D eigenvalue weighted by Gasteiger charge is 2.05. The van der Waals surface area contributed by atoms with Gasteiger partial charge in [0, 0.05) is 6.54 Å². The van der Waals surface area contributed by atoms with Crippen LogP contribution in [0, 0.1) is 0 Å². The van der Waals surface area contributed by atoms with Gasteiger partial charge in [0.15, 0.2) is 0 Å². The Labute approximate surface area is 124 Å². The summed E-state index contributed by atoms with van der Waals surface area (Å²) in [5.41, 5.74) is 7.91. The van der Waals surface area contributed by atoms with Gasteiger partial charge in [0.25, 0.3) is 0 Å². The Bertz CT molecular complexity index is 550. The van der Waals surface area contributed by atoms with E-state index in [0.717, 1.165) is 12.0 Å². The summed E-state index contributed by atoms with van der Waals surface area (Å²) in [5.74, 6) is 1.39. The van der Waals surface area contributed by atoms with Gasteiger partial charge in [-0.15, -0.1) is 0 Å². The summed E-state index contributed by atoms with van der Waals surface area (Å²) in [5, 5.41) is 3.15. The van der Waals surface area contributed by atoms with Crippen molar-refractivity contribution in [2.45, 2.75) is 13.0 Å². The number of rotatable bonds is 7. The minimum atomic E-state index is 0.461. The minimum absolute atomic E-state index is 0.461. The number of nitrogens with two attached hydrogens (primary N) is 1. The average molecular weight is 288 g/mol. The van der Waals surface area contributed by atoms with Gasteiger partial charge in [-0.1, -0.05) is 24.3 Å². The van der Waals surface area contributed by atoms with Crippen molar-refractivity contribution >= 4 is 5.95 Å². The van der Waals surface area contributed by atoms with E-state index in [1.54, 1.807) is 20.3 Å².